The van der Waals surface area contributed by atoms with Crippen molar-refractivity contribution in [3.05, 3.63) is 69.7 Å². The molecule has 0 spiro atoms. The van der Waals surface area contributed by atoms with Crippen LogP contribution in [0.4, 0.5) is 0 Å². The van der Waals surface area contributed by atoms with Gasteiger partial charge in [0.25, 0.3) is 0 Å². The van der Waals surface area contributed by atoms with Gasteiger partial charge in [0.05, 0.1) is 12.3 Å². The minimum Gasteiger partial charge on any atom is -0.477 e. The number of nitrogens with one attached hydrogen (secondary N) is 1. The number of benzene rings is 2. The molecule has 0 amide bonds. The van der Waals surface area contributed by atoms with Crippen LogP contribution in [0.2, 0.25) is 0 Å². The highest BCUT2D eigenvalue weighted by molar-refractivity contribution is 9.10. The number of rotatable bonds is 6. The van der Waals surface area contributed by atoms with Crippen LogP contribution in [0.5, 0.6) is 5.75 Å². The topological polar surface area (TPSA) is 33.7 Å². The Kier molecular flexibility index (Phi) is 4.31. The average Bonchev–Trinajstić information content (AvgIpc) is 3.33. The van der Waals surface area contributed by atoms with E-state index < -0.39 is 0 Å². The van der Waals surface area contributed by atoms with Gasteiger partial charge < -0.3 is 9.64 Å². The Morgan fingerprint density at radius 1 is 1.20 bits per heavy atom. The van der Waals surface area contributed by atoms with E-state index in [4.69, 9.17) is 9.57 Å². The fourth-order valence-corrected chi connectivity index (χ4v) is 3.58. The summed E-state index contributed by atoms with van der Waals surface area (Å²) in [6.45, 7) is 1.48. The Morgan fingerprint density at radius 2 is 2.00 bits per heavy atom. The van der Waals surface area contributed by atoms with Crippen molar-refractivity contribution in [3.8, 4) is 5.75 Å². The van der Waals surface area contributed by atoms with E-state index in [-0.39, 0.29) is 5.60 Å². The van der Waals surface area contributed by atoms with Crippen LogP contribution < -0.4 is 10.2 Å². The Bertz CT molecular complexity index is 820. The molecule has 1 unspecified atom stereocenters. The van der Waals surface area contributed by atoms with Gasteiger partial charge in [-0.3, -0.25) is 10.3 Å². The van der Waals surface area contributed by atoms with Crippen LogP contribution in [0.1, 0.15) is 17.5 Å². The van der Waals surface area contributed by atoms with Gasteiger partial charge in [0.2, 0.25) is 0 Å². The van der Waals surface area contributed by atoms with Crippen molar-refractivity contribution in [1.82, 2.24) is 10.4 Å². The third-order valence-electron chi connectivity index (χ3n) is 4.64. The molecule has 130 valence electrons. The van der Waals surface area contributed by atoms with E-state index in [0.29, 0.717) is 6.61 Å². The second-order valence-electron chi connectivity index (χ2n) is 6.72. The quantitative estimate of drug-likeness (QED) is 0.588. The number of halogens is 1. The van der Waals surface area contributed by atoms with E-state index in [1.807, 2.05) is 32.3 Å². The number of likely N-dealkylation sites (N-methyl/N-ethyl adjacent to an activating group) is 1. The minimum atomic E-state index is -0.359. The first kappa shape index (κ1) is 16.6. The number of hydrogen-bond donors (Lipinski definition) is 1. The van der Waals surface area contributed by atoms with Crippen molar-refractivity contribution in [3.63, 3.8) is 0 Å². The van der Waals surface area contributed by atoms with Gasteiger partial charge >= 0.3 is 0 Å². The van der Waals surface area contributed by atoms with E-state index >= 15 is 0 Å². The average molecular weight is 401 g/mol. The van der Waals surface area contributed by atoms with E-state index in [2.05, 4.69) is 56.6 Å². The molecule has 4 nitrogen and oxygen atoms in total. The molecule has 1 atom stereocenters. The van der Waals surface area contributed by atoms with Crippen molar-refractivity contribution >= 4 is 21.6 Å². The van der Waals surface area contributed by atoms with Gasteiger partial charge in [-0.25, -0.2) is 0 Å². The van der Waals surface area contributed by atoms with Crippen LogP contribution in [-0.4, -0.2) is 32.1 Å². The highest BCUT2D eigenvalue weighted by Gasteiger charge is 2.58. The number of nitrogens with zero attached hydrogens (tertiary/aromatic N) is 1. The fraction of sp³-hybridized carbons (Fsp3) is 0.300. The summed E-state index contributed by atoms with van der Waals surface area (Å²) in [5.74, 6) is 0.873. The first-order valence-corrected chi connectivity index (χ1v) is 9.20. The van der Waals surface area contributed by atoms with Crippen molar-refractivity contribution in [2.24, 2.45) is 0 Å². The summed E-state index contributed by atoms with van der Waals surface area (Å²) < 4.78 is 7.45. The number of hydroxylamine groups is 1. The predicted molar refractivity (Wildman–Crippen MR) is 102 cm³/mol. The lowest BCUT2D eigenvalue weighted by molar-refractivity contribution is 0.0651. The van der Waals surface area contributed by atoms with Crippen LogP contribution in [0.15, 0.2) is 58.6 Å². The summed E-state index contributed by atoms with van der Waals surface area (Å²) in [6.07, 6.45) is 0.878. The zero-order valence-electron chi connectivity index (χ0n) is 14.4. The van der Waals surface area contributed by atoms with E-state index in [1.165, 1.54) is 11.1 Å². The Hall–Kier alpha value is -1.82. The molecule has 1 N–H and O–H groups in total. The summed E-state index contributed by atoms with van der Waals surface area (Å²) in [6, 6.07) is 16.5. The molecule has 1 heterocycles. The van der Waals surface area contributed by atoms with Crippen LogP contribution in [0.3, 0.4) is 0 Å². The molecule has 0 aromatic heterocycles. The summed E-state index contributed by atoms with van der Waals surface area (Å²) in [5.41, 5.74) is 7.36. The van der Waals surface area contributed by atoms with Crippen molar-refractivity contribution in [2.45, 2.75) is 12.0 Å². The highest BCUT2D eigenvalue weighted by atomic mass is 79.9. The van der Waals surface area contributed by atoms with Gasteiger partial charge in [0.15, 0.2) is 5.60 Å². The third kappa shape index (κ3) is 3.08. The minimum absolute atomic E-state index is 0.359. The zero-order valence-corrected chi connectivity index (χ0v) is 16.0. The molecule has 1 saturated carbocycles. The molecule has 1 aliphatic carbocycles. The highest BCUT2D eigenvalue weighted by Crippen LogP contribution is 2.61. The maximum Gasteiger partial charge on any atom is 0.162 e. The maximum atomic E-state index is 6.44. The number of fused-ring (bicyclic) bond motifs is 2. The summed E-state index contributed by atoms with van der Waals surface area (Å²) in [4.78, 5) is 7.83. The molecular formula is C20H21BrN2O2. The fourth-order valence-electron chi connectivity index (χ4n) is 3.24. The maximum absolute atomic E-state index is 6.44. The SMILES string of the molecule is CN(C)CCONC1=C2CC2(c2ccccc2)Oc2cc(Br)ccc21. The summed E-state index contributed by atoms with van der Waals surface area (Å²) >= 11 is 3.54. The summed E-state index contributed by atoms with van der Waals surface area (Å²) in [7, 11) is 4.07. The largest absolute Gasteiger partial charge is 0.477 e. The van der Waals surface area contributed by atoms with E-state index in [0.717, 1.165) is 34.4 Å². The molecule has 2 aromatic rings. The molecule has 1 fully saturated rings. The Morgan fingerprint density at radius 3 is 2.76 bits per heavy atom. The lowest BCUT2D eigenvalue weighted by Gasteiger charge is -2.27. The molecule has 5 heteroatoms. The van der Waals surface area contributed by atoms with Crippen LogP contribution in [-0.2, 0) is 10.4 Å². The van der Waals surface area contributed by atoms with Gasteiger partial charge in [-0.15, -0.1) is 0 Å². The van der Waals surface area contributed by atoms with Crippen LogP contribution >= 0.6 is 15.9 Å². The third-order valence-corrected chi connectivity index (χ3v) is 5.14. The van der Waals surface area contributed by atoms with Crippen molar-refractivity contribution in [1.29, 1.82) is 0 Å². The number of hydrogen-bond acceptors (Lipinski definition) is 4. The second-order valence-corrected chi connectivity index (χ2v) is 7.64. The van der Waals surface area contributed by atoms with Gasteiger partial charge in [-0.05, 0) is 32.3 Å². The van der Waals surface area contributed by atoms with Crippen molar-refractivity contribution < 1.29 is 9.57 Å². The van der Waals surface area contributed by atoms with Crippen molar-refractivity contribution in [2.75, 3.05) is 27.2 Å². The predicted octanol–water partition coefficient (Wildman–Crippen LogP) is 3.93. The van der Waals surface area contributed by atoms with E-state index in [9.17, 15) is 0 Å². The number of ether oxygens (including phenoxy) is 1. The van der Waals surface area contributed by atoms with Gasteiger partial charge in [0, 0.05) is 34.1 Å². The molecule has 2 aromatic carbocycles. The monoisotopic (exact) mass is 400 g/mol. The molecule has 4 rings (SSSR count). The molecule has 0 bridgehead atoms. The Balaban J connectivity index is 1.66. The molecular weight excluding hydrogens is 380 g/mol. The lowest BCUT2D eigenvalue weighted by atomic mass is 10.0. The molecule has 25 heavy (non-hydrogen) atoms. The molecule has 0 radical (unpaired) electrons. The first-order valence-electron chi connectivity index (χ1n) is 8.41. The second kappa shape index (κ2) is 6.48. The van der Waals surface area contributed by atoms with Gasteiger partial charge in [-0.2, -0.15) is 0 Å². The van der Waals surface area contributed by atoms with Gasteiger partial charge in [0.1, 0.15) is 5.75 Å². The van der Waals surface area contributed by atoms with Crippen LogP contribution in [0, 0.1) is 0 Å². The Labute approximate surface area is 156 Å². The zero-order chi connectivity index (χ0) is 17.4. The van der Waals surface area contributed by atoms with E-state index in [1.54, 1.807) is 0 Å². The van der Waals surface area contributed by atoms with Crippen LogP contribution in [0.25, 0.3) is 5.70 Å². The first-order chi connectivity index (χ1) is 12.1. The summed E-state index contributed by atoms with van der Waals surface area (Å²) in [5, 5.41) is 0. The normalized spacial score (nSPS) is 20.8. The molecule has 2 aliphatic rings. The standard InChI is InChI=1S/C20H21BrN2O2/c1-23(2)10-11-24-22-19-16-9-8-15(21)12-18(16)25-20(13-17(19)20)14-6-4-3-5-7-14/h3-9,12,22H,10-11,13H2,1-2H3. The molecule has 0 saturated heterocycles. The smallest absolute Gasteiger partial charge is 0.162 e. The van der Waals surface area contributed by atoms with Gasteiger partial charge in [-0.1, -0.05) is 46.3 Å². The molecule has 1 aliphatic heterocycles. The lowest BCUT2D eigenvalue weighted by Crippen LogP contribution is -2.26.